The van der Waals surface area contributed by atoms with Gasteiger partial charge in [0.1, 0.15) is 5.82 Å². The molecule has 0 unspecified atom stereocenters. The fourth-order valence-corrected chi connectivity index (χ4v) is 1.63. The second-order valence-electron chi connectivity index (χ2n) is 3.52. The van der Waals surface area contributed by atoms with Crippen LogP contribution >= 0.6 is 0 Å². The van der Waals surface area contributed by atoms with Crippen LogP contribution in [-0.4, -0.2) is 16.3 Å². The third kappa shape index (κ3) is 0.948. The maximum absolute atomic E-state index is 11.5. The van der Waals surface area contributed by atoms with Crippen LogP contribution in [0.5, 0.6) is 0 Å². The number of aryl methyl sites for hydroxylation is 1. The van der Waals surface area contributed by atoms with Gasteiger partial charge < -0.3 is 5.32 Å². The molecule has 4 nitrogen and oxygen atoms in total. The minimum Gasteiger partial charge on any atom is -0.370 e. The van der Waals surface area contributed by atoms with Gasteiger partial charge in [0.2, 0.25) is 0 Å². The lowest BCUT2D eigenvalue weighted by Gasteiger charge is -2.18. The summed E-state index contributed by atoms with van der Waals surface area (Å²) in [7, 11) is 1.74. The van der Waals surface area contributed by atoms with Crippen molar-refractivity contribution in [2.24, 2.45) is 13.0 Å². The van der Waals surface area contributed by atoms with Crippen molar-refractivity contribution in [3.63, 3.8) is 0 Å². The SMILES string of the molecule is C[C@@H]1CNc2[nH]n(C)c(=O)c2C1. The molecule has 0 spiro atoms. The van der Waals surface area contributed by atoms with Gasteiger partial charge >= 0.3 is 0 Å². The number of anilines is 1. The molecule has 0 radical (unpaired) electrons. The van der Waals surface area contributed by atoms with Crippen molar-refractivity contribution in [1.29, 1.82) is 0 Å². The number of hydrogen-bond acceptors (Lipinski definition) is 2. The average molecular weight is 167 g/mol. The Kier molecular flexibility index (Phi) is 1.49. The van der Waals surface area contributed by atoms with Crippen LogP contribution in [0.2, 0.25) is 0 Å². The number of aromatic amines is 1. The lowest BCUT2D eigenvalue weighted by Crippen LogP contribution is -2.24. The molecular formula is C8H13N3O. The summed E-state index contributed by atoms with van der Waals surface area (Å²) in [5.41, 5.74) is 1.00. The quantitative estimate of drug-likeness (QED) is 0.584. The molecule has 2 N–H and O–H groups in total. The number of fused-ring (bicyclic) bond motifs is 1. The first kappa shape index (κ1) is 7.46. The number of nitrogens with zero attached hydrogens (tertiary/aromatic N) is 1. The molecule has 0 bridgehead atoms. The van der Waals surface area contributed by atoms with Gasteiger partial charge in [0, 0.05) is 13.6 Å². The second kappa shape index (κ2) is 2.40. The zero-order valence-corrected chi connectivity index (χ0v) is 7.35. The Bertz CT molecular complexity index is 350. The Balaban J connectivity index is 2.51. The zero-order valence-electron chi connectivity index (χ0n) is 7.35. The molecule has 12 heavy (non-hydrogen) atoms. The van der Waals surface area contributed by atoms with E-state index >= 15 is 0 Å². The first-order chi connectivity index (χ1) is 5.68. The van der Waals surface area contributed by atoms with Gasteiger partial charge in [-0.15, -0.1) is 0 Å². The molecule has 0 aromatic carbocycles. The number of aromatic nitrogens is 2. The van der Waals surface area contributed by atoms with Gasteiger partial charge in [-0.1, -0.05) is 6.92 Å². The van der Waals surface area contributed by atoms with E-state index in [4.69, 9.17) is 0 Å². The maximum atomic E-state index is 11.5. The van der Waals surface area contributed by atoms with Gasteiger partial charge in [-0.3, -0.25) is 14.6 Å². The highest BCUT2D eigenvalue weighted by Gasteiger charge is 2.19. The molecule has 0 aliphatic carbocycles. The highest BCUT2D eigenvalue weighted by atomic mass is 16.1. The predicted octanol–water partition coefficient (Wildman–Crippen LogP) is 0.317. The van der Waals surface area contributed by atoms with Crippen LogP contribution in [0.25, 0.3) is 0 Å². The van der Waals surface area contributed by atoms with Gasteiger partial charge in [0.15, 0.2) is 0 Å². The number of nitrogens with one attached hydrogen (secondary N) is 2. The lowest BCUT2D eigenvalue weighted by atomic mass is 10.00. The fraction of sp³-hybridized carbons (Fsp3) is 0.625. The summed E-state index contributed by atoms with van der Waals surface area (Å²) in [5.74, 6) is 1.46. The van der Waals surface area contributed by atoms with Crippen LogP contribution in [-0.2, 0) is 13.5 Å². The molecule has 1 aromatic rings. The smallest absolute Gasteiger partial charge is 0.271 e. The number of rotatable bonds is 0. The molecule has 0 amide bonds. The Morgan fingerprint density at radius 1 is 1.58 bits per heavy atom. The molecule has 66 valence electrons. The van der Waals surface area contributed by atoms with Gasteiger partial charge in [-0.2, -0.15) is 0 Å². The number of hydrogen-bond donors (Lipinski definition) is 2. The van der Waals surface area contributed by atoms with Gasteiger partial charge in [-0.25, -0.2) is 0 Å². The summed E-state index contributed by atoms with van der Waals surface area (Å²) >= 11 is 0. The van der Waals surface area contributed by atoms with Crippen molar-refractivity contribution in [2.45, 2.75) is 13.3 Å². The van der Waals surface area contributed by atoms with E-state index in [2.05, 4.69) is 17.3 Å². The first-order valence-electron chi connectivity index (χ1n) is 4.20. The predicted molar refractivity (Wildman–Crippen MR) is 47.4 cm³/mol. The van der Waals surface area contributed by atoms with E-state index in [0.717, 1.165) is 24.3 Å². The Morgan fingerprint density at radius 2 is 2.33 bits per heavy atom. The van der Waals surface area contributed by atoms with E-state index < -0.39 is 0 Å². The standard InChI is InChI=1S/C8H13N3O/c1-5-3-6-7(9-4-5)10-11(2)8(6)12/h5,9-10H,3-4H2,1-2H3/t5-/m0/s1. The van der Waals surface area contributed by atoms with E-state index in [-0.39, 0.29) is 5.56 Å². The molecule has 1 atom stereocenters. The highest BCUT2D eigenvalue weighted by Crippen LogP contribution is 2.18. The summed E-state index contributed by atoms with van der Waals surface area (Å²) in [5, 5.41) is 6.18. The Labute approximate surface area is 70.6 Å². The topological polar surface area (TPSA) is 49.8 Å². The summed E-state index contributed by atoms with van der Waals surface area (Å²) in [6.07, 6.45) is 0.887. The van der Waals surface area contributed by atoms with Crippen molar-refractivity contribution < 1.29 is 0 Å². The average Bonchev–Trinajstić information content (AvgIpc) is 2.31. The van der Waals surface area contributed by atoms with E-state index in [1.807, 2.05) is 0 Å². The lowest BCUT2D eigenvalue weighted by molar-refractivity contribution is 0.592. The van der Waals surface area contributed by atoms with Crippen LogP contribution in [0.1, 0.15) is 12.5 Å². The Hall–Kier alpha value is -1.19. The van der Waals surface area contributed by atoms with Crippen molar-refractivity contribution in [2.75, 3.05) is 11.9 Å². The summed E-state index contributed by atoms with van der Waals surface area (Å²) < 4.78 is 1.52. The van der Waals surface area contributed by atoms with Crippen LogP contribution in [0.4, 0.5) is 5.82 Å². The van der Waals surface area contributed by atoms with Crippen LogP contribution in [0.15, 0.2) is 4.79 Å². The third-order valence-electron chi connectivity index (χ3n) is 2.32. The van der Waals surface area contributed by atoms with E-state index in [0.29, 0.717) is 5.92 Å². The van der Waals surface area contributed by atoms with E-state index in [1.54, 1.807) is 7.05 Å². The maximum Gasteiger partial charge on any atom is 0.271 e. The minimum atomic E-state index is 0.101. The van der Waals surface area contributed by atoms with Crippen LogP contribution < -0.4 is 10.9 Å². The summed E-state index contributed by atoms with van der Waals surface area (Å²) in [6, 6.07) is 0. The molecule has 4 heteroatoms. The number of H-pyrrole nitrogens is 1. The molecule has 2 rings (SSSR count). The second-order valence-corrected chi connectivity index (χ2v) is 3.52. The third-order valence-corrected chi connectivity index (χ3v) is 2.32. The monoisotopic (exact) mass is 167 g/mol. The molecule has 2 heterocycles. The Morgan fingerprint density at radius 3 is 3.08 bits per heavy atom. The van der Waals surface area contributed by atoms with Crippen molar-refractivity contribution >= 4 is 5.82 Å². The van der Waals surface area contributed by atoms with E-state index in [9.17, 15) is 4.79 Å². The molecular weight excluding hydrogens is 154 g/mol. The van der Waals surface area contributed by atoms with Crippen molar-refractivity contribution in [3.8, 4) is 0 Å². The van der Waals surface area contributed by atoms with E-state index in [1.165, 1.54) is 4.68 Å². The largest absolute Gasteiger partial charge is 0.370 e. The summed E-state index contributed by atoms with van der Waals surface area (Å²) in [4.78, 5) is 11.5. The highest BCUT2D eigenvalue weighted by molar-refractivity contribution is 5.45. The molecule has 1 aliphatic rings. The molecule has 0 fully saturated rings. The van der Waals surface area contributed by atoms with Gasteiger partial charge in [0.25, 0.3) is 5.56 Å². The van der Waals surface area contributed by atoms with Crippen LogP contribution in [0.3, 0.4) is 0 Å². The molecule has 1 aromatic heterocycles. The fourth-order valence-electron chi connectivity index (χ4n) is 1.63. The normalized spacial score (nSPS) is 21.7. The zero-order chi connectivity index (χ0) is 8.72. The minimum absolute atomic E-state index is 0.101. The van der Waals surface area contributed by atoms with Crippen molar-refractivity contribution in [1.82, 2.24) is 9.78 Å². The summed E-state index contributed by atoms with van der Waals surface area (Å²) in [6.45, 7) is 3.09. The molecule has 0 saturated heterocycles. The first-order valence-corrected chi connectivity index (χ1v) is 4.20. The van der Waals surface area contributed by atoms with Crippen LogP contribution in [0, 0.1) is 5.92 Å². The van der Waals surface area contributed by atoms with Gasteiger partial charge in [-0.05, 0) is 12.3 Å². The molecule has 1 aliphatic heterocycles. The van der Waals surface area contributed by atoms with Gasteiger partial charge in [0.05, 0.1) is 5.56 Å². The van der Waals surface area contributed by atoms with Crippen molar-refractivity contribution in [3.05, 3.63) is 15.9 Å². The molecule has 0 saturated carbocycles.